The predicted octanol–water partition coefficient (Wildman–Crippen LogP) is 3.15. The van der Waals surface area contributed by atoms with Crippen molar-refractivity contribution in [1.82, 2.24) is 9.97 Å². The molecular weight excluding hydrogens is 459 g/mol. The molecule has 2 heterocycles. The second kappa shape index (κ2) is 15.9. The fraction of sp³-hybridized carbons (Fsp3) is 0.111. The van der Waals surface area contributed by atoms with Crippen LogP contribution in [0.3, 0.4) is 0 Å². The zero-order valence-electron chi connectivity index (χ0n) is 15.7. The van der Waals surface area contributed by atoms with Crippen molar-refractivity contribution in [1.29, 1.82) is 0 Å². The van der Waals surface area contributed by atoms with E-state index in [-0.39, 0.29) is 16.8 Å². The summed E-state index contributed by atoms with van der Waals surface area (Å²) in [6, 6.07) is 19.1. The number of nitrogens with zero attached hydrogens (tertiary/aromatic N) is 4. The van der Waals surface area contributed by atoms with Crippen LogP contribution in [0.2, 0.25) is 0 Å². The molecule has 2 aromatic heterocycles. The van der Waals surface area contributed by atoms with Crippen molar-refractivity contribution in [2.75, 3.05) is 0 Å². The summed E-state index contributed by atoms with van der Waals surface area (Å²) in [5, 5.41) is 29.5. The second-order valence-corrected chi connectivity index (χ2v) is 5.11. The number of hydrogen-bond donors (Lipinski definition) is 0. The Balaban J connectivity index is 0.000000867. The van der Waals surface area contributed by atoms with Gasteiger partial charge in [-0.1, -0.05) is 24.3 Å². The molecule has 0 unspecified atom stereocenters. The molecule has 3 rings (SSSR count). The summed E-state index contributed by atoms with van der Waals surface area (Å²) < 4.78 is 11.6. The number of pyridine rings is 2. The third-order valence-corrected chi connectivity index (χ3v) is 3.05. The third-order valence-electron chi connectivity index (χ3n) is 3.05. The Morgan fingerprint density at radius 3 is 1.26 bits per heavy atom. The molecule has 0 saturated carbocycles. The van der Waals surface area contributed by atoms with Gasteiger partial charge in [0.25, 0.3) is 0 Å². The molecule has 0 aliphatic heterocycles. The number of rotatable bonds is 6. The largest absolute Gasteiger partial charge is 2.00 e. The first kappa shape index (κ1) is 27.0. The van der Waals surface area contributed by atoms with Gasteiger partial charge in [0.1, 0.15) is 13.2 Å². The Bertz CT molecular complexity index is 821. The number of hydrogen-bond acceptors (Lipinski definition) is 10. The first-order valence-corrected chi connectivity index (χ1v) is 8.16. The van der Waals surface area contributed by atoms with Gasteiger partial charge in [-0.3, -0.25) is 9.97 Å². The van der Waals surface area contributed by atoms with Crippen LogP contribution in [0.5, 0.6) is 11.5 Å². The minimum absolute atomic E-state index is 0. The summed E-state index contributed by atoms with van der Waals surface area (Å²) in [6.07, 6.45) is 3.50. The molecular formula is C18H16CoN4O8. The molecule has 0 spiro atoms. The number of ether oxygens (including phenoxy) is 2. The molecule has 165 valence electrons. The van der Waals surface area contributed by atoms with Crippen molar-refractivity contribution >= 4 is 0 Å². The summed E-state index contributed by atoms with van der Waals surface area (Å²) in [4.78, 5) is 25.0. The molecule has 0 amide bonds. The minimum atomic E-state index is -1.75. The quantitative estimate of drug-likeness (QED) is 0.380. The van der Waals surface area contributed by atoms with Crippen molar-refractivity contribution in [3.05, 3.63) is 115 Å². The van der Waals surface area contributed by atoms with Gasteiger partial charge < -0.3 is 40.1 Å². The van der Waals surface area contributed by atoms with Gasteiger partial charge in [-0.15, -0.1) is 0 Å². The molecule has 0 atom stereocenters. The molecule has 3 aromatic rings. The van der Waals surface area contributed by atoms with E-state index < -0.39 is 10.2 Å². The molecule has 0 saturated heterocycles. The van der Waals surface area contributed by atoms with Crippen LogP contribution >= 0.6 is 0 Å². The molecule has 13 heteroatoms. The van der Waals surface area contributed by atoms with E-state index in [9.17, 15) is 0 Å². The van der Waals surface area contributed by atoms with Crippen molar-refractivity contribution in [3.8, 4) is 11.5 Å². The summed E-state index contributed by atoms with van der Waals surface area (Å²) in [7, 11) is 0. The number of benzene rings is 1. The smallest absolute Gasteiger partial charge is 0.483 e. The van der Waals surface area contributed by atoms with E-state index in [1.165, 1.54) is 0 Å². The maximum Gasteiger partial charge on any atom is 2.00 e. The number of aromatic nitrogens is 2. The van der Waals surface area contributed by atoms with Crippen molar-refractivity contribution in [2.24, 2.45) is 0 Å². The van der Waals surface area contributed by atoms with Gasteiger partial charge in [0.05, 0.1) is 21.6 Å². The summed E-state index contributed by atoms with van der Waals surface area (Å²) in [5.74, 6) is 1.40. The van der Waals surface area contributed by atoms with Gasteiger partial charge in [0, 0.05) is 12.4 Å². The molecule has 0 N–H and O–H groups in total. The van der Waals surface area contributed by atoms with Crippen LogP contribution in [-0.4, -0.2) is 20.1 Å². The van der Waals surface area contributed by atoms with Crippen LogP contribution < -0.4 is 9.47 Å². The fourth-order valence-electron chi connectivity index (χ4n) is 1.96. The van der Waals surface area contributed by atoms with Gasteiger partial charge in [-0.25, -0.2) is 0 Å². The predicted molar refractivity (Wildman–Crippen MR) is 104 cm³/mol. The summed E-state index contributed by atoms with van der Waals surface area (Å²) >= 11 is 0. The zero-order chi connectivity index (χ0) is 22.2. The van der Waals surface area contributed by atoms with Crippen LogP contribution in [0.1, 0.15) is 11.4 Å². The molecule has 1 radical (unpaired) electrons. The molecule has 0 bridgehead atoms. The Kier molecular flexibility index (Phi) is 13.9. The average molecular weight is 475 g/mol. The third kappa shape index (κ3) is 13.8. The van der Waals surface area contributed by atoms with E-state index in [0.717, 1.165) is 11.4 Å². The van der Waals surface area contributed by atoms with E-state index in [4.69, 9.17) is 40.1 Å². The standard InChI is InChI=1S/C18H16N2O2.Co.2NO3/c1-2-10-18(22-14-16-8-4-6-12-20-16)17(9-1)21-13-15-7-3-5-11-19-15;;2*2-1(3)4/h1-12H,13-14H2;;;/q;+2;2*-1. The van der Waals surface area contributed by atoms with Gasteiger partial charge in [0.15, 0.2) is 11.5 Å². The van der Waals surface area contributed by atoms with E-state index >= 15 is 0 Å². The first-order chi connectivity index (χ1) is 14.4. The molecule has 0 fully saturated rings. The van der Waals surface area contributed by atoms with Gasteiger partial charge in [-0.2, -0.15) is 0 Å². The van der Waals surface area contributed by atoms with Crippen LogP contribution in [0, 0.1) is 30.6 Å². The SMILES string of the molecule is O=[N+]([O-])[O-].O=[N+]([O-])[O-].[Co+2].c1ccc(COc2ccccc2OCc2ccccn2)nc1. The van der Waals surface area contributed by atoms with Crippen LogP contribution in [0.25, 0.3) is 0 Å². The van der Waals surface area contributed by atoms with Crippen LogP contribution in [-0.2, 0) is 30.0 Å². The Hall–Kier alpha value is -3.97. The van der Waals surface area contributed by atoms with E-state index in [2.05, 4.69) is 9.97 Å². The molecule has 1 aromatic carbocycles. The maximum absolute atomic E-state index is 8.25. The summed E-state index contributed by atoms with van der Waals surface area (Å²) in [5.41, 5.74) is 1.75. The van der Waals surface area contributed by atoms with E-state index in [0.29, 0.717) is 24.7 Å². The van der Waals surface area contributed by atoms with Gasteiger partial charge in [0.2, 0.25) is 0 Å². The van der Waals surface area contributed by atoms with Gasteiger partial charge >= 0.3 is 16.8 Å². The fourth-order valence-corrected chi connectivity index (χ4v) is 1.96. The molecule has 31 heavy (non-hydrogen) atoms. The topological polar surface area (TPSA) is 177 Å². The van der Waals surface area contributed by atoms with Crippen molar-refractivity contribution < 1.29 is 36.4 Å². The Morgan fingerprint density at radius 1 is 0.645 bits per heavy atom. The van der Waals surface area contributed by atoms with Crippen LogP contribution in [0.4, 0.5) is 0 Å². The summed E-state index contributed by atoms with van der Waals surface area (Å²) in [6.45, 7) is 0.815. The van der Waals surface area contributed by atoms with Gasteiger partial charge in [-0.05, 0) is 36.4 Å². The van der Waals surface area contributed by atoms with Crippen molar-refractivity contribution in [2.45, 2.75) is 13.2 Å². The molecule has 12 nitrogen and oxygen atoms in total. The Labute approximate surface area is 186 Å². The van der Waals surface area contributed by atoms with E-state index in [1.807, 2.05) is 60.7 Å². The van der Waals surface area contributed by atoms with Crippen molar-refractivity contribution in [3.63, 3.8) is 0 Å². The average Bonchev–Trinajstić information content (AvgIpc) is 2.72. The number of para-hydroxylation sites is 2. The monoisotopic (exact) mass is 475 g/mol. The maximum atomic E-state index is 8.25. The molecule has 0 aliphatic rings. The second-order valence-electron chi connectivity index (χ2n) is 5.11. The zero-order valence-corrected chi connectivity index (χ0v) is 16.8. The first-order valence-electron chi connectivity index (χ1n) is 8.16. The Morgan fingerprint density at radius 2 is 0.968 bits per heavy atom. The molecule has 0 aliphatic carbocycles. The van der Waals surface area contributed by atoms with Crippen LogP contribution in [0.15, 0.2) is 73.1 Å². The van der Waals surface area contributed by atoms with E-state index in [1.54, 1.807) is 12.4 Å². The minimum Gasteiger partial charge on any atom is -0.483 e. The normalized spacial score (nSPS) is 8.77.